The van der Waals surface area contributed by atoms with Crippen molar-refractivity contribution in [1.29, 1.82) is 0 Å². The predicted octanol–water partition coefficient (Wildman–Crippen LogP) is 3.52. The highest BCUT2D eigenvalue weighted by molar-refractivity contribution is 9.10. The molecule has 0 unspecified atom stereocenters. The molecule has 2 N–H and O–H groups in total. The topological polar surface area (TPSA) is 52.3 Å². The van der Waals surface area contributed by atoms with Crippen molar-refractivity contribution in [3.05, 3.63) is 33.3 Å². The number of nitrogens with two attached hydrogens (primary N) is 1. The van der Waals surface area contributed by atoms with Gasteiger partial charge in [-0.1, -0.05) is 27.5 Å². The van der Waals surface area contributed by atoms with Gasteiger partial charge in [-0.15, -0.1) is 0 Å². The van der Waals surface area contributed by atoms with Crippen LogP contribution in [0.2, 0.25) is 5.02 Å². The second-order valence-corrected chi connectivity index (χ2v) is 5.38. The summed E-state index contributed by atoms with van der Waals surface area (Å²) in [5, 5.41) is 0.646. The van der Waals surface area contributed by atoms with Crippen molar-refractivity contribution >= 4 is 33.6 Å². The number of rotatable bonds is 3. The number of carbonyl (C=O) groups is 1. The Labute approximate surface area is 108 Å². The lowest BCUT2D eigenvalue weighted by Gasteiger charge is -2.24. The Bertz CT molecular complexity index is 407. The fourth-order valence-electron chi connectivity index (χ4n) is 1.45. The monoisotopic (exact) mass is 305 g/mol. The normalized spacial score (nSPS) is 11.2. The smallest absolute Gasteiger partial charge is 0.405 e. The van der Waals surface area contributed by atoms with Gasteiger partial charge in [0.2, 0.25) is 0 Å². The standard InChI is InChI=1S/C11H13BrClNO2/c1-11(2,16-10(14)15)6-7-5-8(13)3-4-9(7)12/h3-5H,6H2,1-2H3,(H2,14,15). The summed E-state index contributed by atoms with van der Waals surface area (Å²) in [5.74, 6) is 0. The molecule has 0 saturated carbocycles. The second kappa shape index (κ2) is 5.06. The van der Waals surface area contributed by atoms with Crippen molar-refractivity contribution < 1.29 is 9.53 Å². The molecule has 5 heteroatoms. The van der Waals surface area contributed by atoms with E-state index in [1.165, 1.54) is 0 Å². The highest BCUT2D eigenvalue weighted by Crippen LogP contribution is 2.26. The van der Waals surface area contributed by atoms with Crippen LogP contribution in [0.4, 0.5) is 4.79 Å². The number of amides is 1. The summed E-state index contributed by atoms with van der Waals surface area (Å²) >= 11 is 9.32. The number of hydrogen-bond donors (Lipinski definition) is 1. The predicted molar refractivity (Wildman–Crippen MR) is 67.6 cm³/mol. The Morgan fingerprint density at radius 2 is 2.19 bits per heavy atom. The lowest BCUT2D eigenvalue weighted by atomic mass is 9.98. The number of ether oxygens (including phenoxy) is 1. The third-order valence-corrected chi connectivity index (χ3v) is 3.01. The van der Waals surface area contributed by atoms with Gasteiger partial charge in [-0.3, -0.25) is 0 Å². The van der Waals surface area contributed by atoms with E-state index in [2.05, 4.69) is 15.9 Å². The molecule has 1 aromatic carbocycles. The molecule has 1 rings (SSSR count). The zero-order valence-electron chi connectivity index (χ0n) is 9.09. The molecule has 1 aromatic rings. The van der Waals surface area contributed by atoms with Crippen molar-refractivity contribution in [1.82, 2.24) is 0 Å². The number of primary amides is 1. The summed E-state index contributed by atoms with van der Waals surface area (Å²) in [4.78, 5) is 10.7. The number of hydrogen-bond acceptors (Lipinski definition) is 2. The molecule has 0 aliphatic heterocycles. The Morgan fingerprint density at radius 1 is 1.56 bits per heavy atom. The second-order valence-electron chi connectivity index (χ2n) is 4.09. The summed E-state index contributed by atoms with van der Waals surface area (Å²) < 4.78 is 5.94. The molecule has 0 bridgehead atoms. The molecule has 0 radical (unpaired) electrons. The Hall–Kier alpha value is -0.740. The van der Waals surface area contributed by atoms with Gasteiger partial charge in [0.05, 0.1) is 0 Å². The van der Waals surface area contributed by atoms with Crippen LogP contribution in [-0.2, 0) is 11.2 Å². The summed E-state index contributed by atoms with van der Waals surface area (Å²) in [6, 6.07) is 5.48. The summed E-state index contributed by atoms with van der Waals surface area (Å²) in [6.07, 6.45) is -0.236. The number of carbonyl (C=O) groups excluding carboxylic acids is 1. The van der Waals surface area contributed by atoms with E-state index in [4.69, 9.17) is 22.1 Å². The van der Waals surface area contributed by atoms with E-state index in [1.807, 2.05) is 12.1 Å². The molecule has 0 heterocycles. The Morgan fingerprint density at radius 3 is 2.75 bits per heavy atom. The first-order valence-corrected chi connectivity index (χ1v) is 5.90. The quantitative estimate of drug-likeness (QED) is 0.929. The van der Waals surface area contributed by atoms with E-state index in [9.17, 15) is 4.79 Å². The maximum atomic E-state index is 10.7. The SMILES string of the molecule is CC(C)(Cc1cc(Cl)ccc1Br)OC(N)=O. The number of benzene rings is 1. The fourth-order valence-corrected chi connectivity index (χ4v) is 2.03. The first-order valence-electron chi connectivity index (χ1n) is 4.72. The highest BCUT2D eigenvalue weighted by Gasteiger charge is 2.23. The Balaban J connectivity index is 2.86. The third-order valence-electron chi connectivity index (χ3n) is 2.00. The molecule has 88 valence electrons. The molecule has 1 amide bonds. The van der Waals surface area contributed by atoms with Crippen LogP contribution in [0.1, 0.15) is 19.4 Å². The van der Waals surface area contributed by atoms with Gasteiger partial charge in [0.1, 0.15) is 5.60 Å². The van der Waals surface area contributed by atoms with Crippen LogP contribution in [-0.4, -0.2) is 11.7 Å². The molecule has 0 saturated heterocycles. The maximum absolute atomic E-state index is 10.7. The van der Waals surface area contributed by atoms with Gasteiger partial charge in [0, 0.05) is 15.9 Å². The average molecular weight is 307 g/mol. The van der Waals surface area contributed by atoms with E-state index in [0.717, 1.165) is 10.0 Å². The molecule has 0 fully saturated rings. The van der Waals surface area contributed by atoms with Gasteiger partial charge in [-0.05, 0) is 37.6 Å². The van der Waals surface area contributed by atoms with Gasteiger partial charge in [0.25, 0.3) is 0 Å². The summed E-state index contributed by atoms with van der Waals surface area (Å²) in [6.45, 7) is 3.59. The molecule has 0 aromatic heterocycles. The molecule has 3 nitrogen and oxygen atoms in total. The summed E-state index contributed by atoms with van der Waals surface area (Å²) in [5.41, 5.74) is 5.32. The fraction of sp³-hybridized carbons (Fsp3) is 0.364. The lowest BCUT2D eigenvalue weighted by molar-refractivity contribution is 0.0459. The molecular formula is C11H13BrClNO2. The molecular weight excluding hydrogens is 293 g/mol. The minimum atomic E-state index is -0.775. The zero-order valence-corrected chi connectivity index (χ0v) is 11.4. The van der Waals surface area contributed by atoms with Crippen LogP contribution in [0.5, 0.6) is 0 Å². The molecule has 0 aliphatic carbocycles. The largest absolute Gasteiger partial charge is 0.443 e. The van der Waals surface area contributed by atoms with Crippen molar-refractivity contribution in [2.24, 2.45) is 5.73 Å². The van der Waals surface area contributed by atoms with Crippen LogP contribution in [0.25, 0.3) is 0 Å². The van der Waals surface area contributed by atoms with Crippen LogP contribution in [0.15, 0.2) is 22.7 Å². The van der Waals surface area contributed by atoms with E-state index in [0.29, 0.717) is 11.4 Å². The molecule has 0 spiro atoms. The van der Waals surface area contributed by atoms with Gasteiger partial charge < -0.3 is 10.5 Å². The highest BCUT2D eigenvalue weighted by atomic mass is 79.9. The van der Waals surface area contributed by atoms with Crippen LogP contribution >= 0.6 is 27.5 Å². The number of halogens is 2. The van der Waals surface area contributed by atoms with Crippen LogP contribution in [0.3, 0.4) is 0 Å². The van der Waals surface area contributed by atoms with E-state index < -0.39 is 11.7 Å². The maximum Gasteiger partial charge on any atom is 0.405 e. The molecule has 0 aliphatic rings. The van der Waals surface area contributed by atoms with Crippen LogP contribution < -0.4 is 5.73 Å². The van der Waals surface area contributed by atoms with Gasteiger partial charge in [-0.2, -0.15) is 0 Å². The summed E-state index contributed by atoms with van der Waals surface area (Å²) in [7, 11) is 0. The van der Waals surface area contributed by atoms with Crippen molar-refractivity contribution in [3.63, 3.8) is 0 Å². The van der Waals surface area contributed by atoms with Gasteiger partial charge in [-0.25, -0.2) is 4.79 Å². The minimum Gasteiger partial charge on any atom is -0.443 e. The van der Waals surface area contributed by atoms with E-state index >= 15 is 0 Å². The van der Waals surface area contributed by atoms with Crippen LogP contribution in [0, 0.1) is 0 Å². The first kappa shape index (κ1) is 13.3. The van der Waals surface area contributed by atoms with Crippen molar-refractivity contribution in [3.8, 4) is 0 Å². The van der Waals surface area contributed by atoms with E-state index in [1.54, 1.807) is 19.9 Å². The van der Waals surface area contributed by atoms with Crippen molar-refractivity contribution in [2.45, 2.75) is 25.9 Å². The lowest BCUT2D eigenvalue weighted by Crippen LogP contribution is -2.33. The minimum absolute atomic E-state index is 0.539. The zero-order chi connectivity index (χ0) is 12.3. The van der Waals surface area contributed by atoms with Gasteiger partial charge >= 0.3 is 6.09 Å². The van der Waals surface area contributed by atoms with Gasteiger partial charge in [0.15, 0.2) is 0 Å². The molecule has 16 heavy (non-hydrogen) atoms. The van der Waals surface area contributed by atoms with Crippen molar-refractivity contribution in [2.75, 3.05) is 0 Å². The Kier molecular flexibility index (Phi) is 4.21. The molecule has 0 atom stereocenters. The first-order chi connectivity index (χ1) is 7.30. The third kappa shape index (κ3) is 4.02. The average Bonchev–Trinajstić information content (AvgIpc) is 2.08. The van der Waals surface area contributed by atoms with E-state index in [-0.39, 0.29) is 0 Å².